The molecule has 0 atom stereocenters. The van der Waals surface area contributed by atoms with Crippen LogP contribution in [0.2, 0.25) is 0 Å². The van der Waals surface area contributed by atoms with E-state index >= 15 is 0 Å². The molecule has 6 heteroatoms. The highest BCUT2D eigenvalue weighted by atomic mass is 35.5. The average molecular weight is 345 g/mol. The van der Waals surface area contributed by atoms with Crippen LogP contribution in [0.15, 0.2) is 24.3 Å². The zero-order valence-corrected chi connectivity index (χ0v) is 14.4. The van der Waals surface area contributed by atoms with Crippen LogP contribution < -0.4 is 10.6 Å². The van der Waals surface area contributed by atoms with Crippen molar-refractivity contribution in [2.24, 2.45) is 0 Å². The Balaban J connectivity index is 0.00000264. The third-order valence-corrected chi connectivity index (χ3v) is 4.19. The fourth-order valence-corrected chi connectivity index (χ4v) is 2.87. The summed E-state index contributed by atoms with van der Waals surface area (Å²) in [7, 11) is 0. The Hall–Kier alpha value is -1.17. The summed E-state index contributed by atoms with van der Waals surface area (Å²) in [5, 5.41) is 6.28. The quantitative estimate of drug-likeness (QED) is 0.747. The van der Waals surface area contributed by atoms with Crippen LogP contribution in [-0.4, -0.2) is 38.8 Å². The van der Waals surface area contributed by atoms with Crippen molar-refractivity contribution < 1.29 is 13.9 Å². The molecule has 1 aromatic rings. The summed E-state index contributed by atoms with van der Waals surface area (Å²) in [4.78, 5) is 12.7. The fraction of sp³-hybridized carbons (Fsp3) is 0.588. The minimum Gasteiger partial charge on any atom is -0.381 e. The van der Waals surface area contributed by atoms with Crippen LogP contribution in [0.5, 0.6) is 0 Å². The normalized spacial score (nSPS) is 16.4. The van der Waals surface area contributed by atoms with Crippen molar-refractivity contribution in [2.75, 3.05) is 32.8 Å². The lowest BCUT2D eigenvalue weighted by molar-refractivity contribution is -0.130. The highest BCUT2D eigenvalue weighted by Crippen LogP contribution is 2.35. The Kier molecular flexibility index (Phi) is 8.52. The van der Waals surface area contributed by atoms with Crippen molar-refractivity contribution in [1.82, 2.24) is 10.6 Å². The third kappa shape index (κ3) is 5.16. The van der Waals surface area contributed by atoms with Gasteiger partial charge >= 0.3 is 0 Å². The predicted octanol–water partition coefficient (Wildman–Crippen LogP) is 2.41. The van der Waals surface area contributed by atoms with Crippen molar-refractivity contribution in [3.63, 3.8) is 0 Å². The SMILES string of the molecule is CCCNCCNC(=O)C1(c2ccc(F)cc2)CCOCC1.Cl. The number of ether oxygens (including phenoxy) is 1. The number of amides is 1. The Morgan fingerprint density at radius 3 is 2.43 bits per heavy atom. The second kappa shape index (κ2) is 9.85. The molecule has 0 radical (unpaired) electrons. The van der Waals surface area contributed by atoms with E-state index in [1.807, 2.05) is 0 Å². The van der Waals surface area contributed by atoms with E-state index < -0.39 is 5.41 Å². The molecule has 0 spiro atoms. The van der Waals surface area contributed by atoms with Crippen molar-refractivity contribution >= 4 is 18.3 Å². The van der Waals surface area contributed by atoms with Gasteiger partial charge in [-0.1, -0.05) is 19.1 Å². The fourth-order valence-electron chi connectivity index (χ4n) is 2.87. The van der Waals surface area contributed by atoms with Gasteiger partial charge < -0.3 is 15.4 Å². The van der Waals surface area contributed by atoms with Gasteiger partial charge in [-0.25, -0.2) is 4.39 Å². The molecular formula is C17H26ClFN2O2. The van der Waals surface area contributed by atoms with Gasteiger partial charge in [0.15, 0.2) is 0 Å². The van der Waals surface area contributed by atoms with E-state index in [0.29, 0.717) is 32.6 Å². The Morgan fingerprint density at radius 1 is 1.17 bits per heavy atom. The maximum Gasteiger partial charge on any atom is 0.230 e. The van der Waals surface area contributed by atoms with E-state index in [0.717, 1.165) is 25.1 Å². The molecule has 1 aromatic carbocycles. The maximum absolute atomic E-state index is 13.2. The van der Waals surface area contributed by atoms with Gasteiger partial charge in [0.2, 0.25) is 5.91 Å². The topological polar surface area (TPSA) is 50.4 Å². The van der Waals surface area contributed by atoms with Crippen LogP contribution in [-0.2, 0) is 14.9 Å². The molecule has 0 aliphatic carbocycles. The molecule has 0 saturated carbocycles. The number of nitrogens with one attached hydrogen (secondary N) is 2. The highest BCUT2D eigenvalue weighted by Gasteiger charge is 2.41. The van der Waals surface area contributed by atoms with Gasteiger partial charge in [-0.15, -0.1) is 12.4 Å². The summed E-state index contributed by atoms with van der Waals surface area (Å²) in [5.41, 5.74) is 0.271. The first-order valence-corrected chi connectivity index (χ1v) is 8.02. The zero-order chi connectivity index (χ0) is 15.8. The first kappa shape index (κ1) is 19.9. The number of carbonyl (C=O) groups excluding carboxylic acids is 1. The molecule has 1 fully saturated rings. The molecule has 0 unspecified atom stereocenters. The largest absolute Gasteiger partial charge is 0.381 e. The maximum atomic E-state index is 13.2. The summed E-state index contributed by atoms with van der Waals surface area (Å²) in [6, 6.07) is 6.27. The lowest BCUT2D eigenvalue weighted by Gasteiger charge is -2.36. The van der Waals surface area contributed by atoms with Crippen LogP contribution >= 0.6 is 12.4 Å². The Bertz CT molecular complexity index is 476. The van der Waals surface area contributed by atoms with Crippen molar-refractivity contribution in [3.8, 4) is 0 Å². The van der Waals surface area contributed by atoms with Crippen molar-refractivity contribution in [2.45, 2.75) is 31.6 Å². The lowest BCUT2D eigenvalue weighted by atomic mass is 9.73. The van der Waals surface area contributed by atoms with E-state index in [2.05, 4.69) is 17.6 Å². The van der Waals surface area contributed by atoms with E-state index in [4.69, 9.17) is 4.74 Å². The number of rotatable bonds is 7. The average Bonchev–Trinajstić information content (AvgIpc) is 2.55. The van der Waals surface area contributed by atoms with Crippen LogP contribution in [0, 0.1) is 5.82 Å². The van der Waals surface area contributed by atoms with E-state index in [9.17, 15) is 9.18 Å². The predicted molar refractivity (Wildman–Crippen MR) is 91.5 cm³/mol. The van der Waals surface area contributed by atoms with Crippen LogP contribution in [0.4, 0.5) is 4.39 Å². The smallest absolute Gasteiger partial charge is 0.230 e. The van der Waals surface area contributed by atoms with Gasteiger partial charge in [-0.3, -0.25) is 4.79 Å². The molecule has 1 aliphatic rings. The summed E-state index contributed by atoms with van der Waals surface area (Å²) < 4.78 is 18.6. The number of halogens is 2. The number of benzene rings is 1. The van der Waals surface area contributed by atoms with E-state index in [1.165, 1.54) is 12.1 Å². The first-order valence-electron chi connectivity index (χ1n) is 8.02. The Morgan fingerprint density at radius 2 is 1.83 bits per heavy atom. The second-order valence-electron chi connectivity index (χ2n) is 5.71. The highest BCUT2D eigenvalue weighted by molar-refractivity contribution is 5.88. The van der Waals surface area contributed by atoms with Gasteiger partial charge in [0.1, 0.15) is 5.82 Å². The van der Waals surface area contributed by atoms with Gasteiger partial charge in [-0.05, 0) is 43.5 Å². The van der Waals surface area contributed by atoms with E-state index in [1.54, 1.807) is 12.1 Å². The molecule has 1 heterocycles. The molecule has 0 aromatic heterocycles. The molecule has 1 saturated heterocycles. The molecular weight excluding hydrogens is 319 g/mol. The standard InChI is InChI=1S/C17H25FN2O2.ClH/c1-2-9-19-10-11-20-16(21)17(7-12-22-13-8-17)14-3-5-15(18)6-4-14;/h3-6,19H,2,7-13H2,1H3,(H,20,21);1H. The van der Waals surface area contributed by atoms with Gasteiger partial charge in [0.05, 0.1) is 5.41 Å². The van der Waals surface area contributed by atoms with Crippen LogP contribution in [0.1, 0.15) is 31.7 Å². The second-order valence-corrected chi connectivity index (χ2v) is 5.71. The van der Waals surface area contributed by atoms with E-state index in [-0.39, 0.29) is 24.1 Å². The molecule has 1 aliphatic heterocycles. The molecule has 1 amide bonds. The molecule has 0 bridgehead atoms. The summed E-state index contributed by atoms with van der Waals surface area (Å²) in [6.07, 6.45) is 2.34. The number of hydrogen-bond acceptors (Lipinski definition) is 3. The Labute approximate surface area is 143 Å². The molecule has 2 rings (SSSR count). The summed E-state index contributed by atoms with van der Waals surface area (Å²) in [5.74, 6) is -0.268. The lowest BCUT2D eigenvalue weighted by Crippen LogP contribution is -2.49. The minimum absolute atomic E-state index is 0. The molecule has 4 nitrogen and oxygen atoms in total. The van der Waals surface area contributed by atoms with Gasteiger partial charge in [-0.2, -0.15) is 0 Å². The molecule has 2 N–H and O–H groups in total. The monoisotopic (exact) mass is 344 g/mol. The van der Waals surface area contributed by atoms with Gasteiger partial charge in [0.25, 0.3) is 0 Å². The number of hydrogen-bond donors (Lipinski definition) is 2. The minimum atomic E-state index is -0.600. The zero-order valence-electron chi connectivity index (χ0n) is 13.6. The summed E-state index contributed by atoms with van der Waals surface area (Å²) >= 11 is 0. The summed E-state index contributed by atoms with van der Waals surface area (Å²) in [6.45, 7) is 5.53. The number of carbonyl (C=O) groups is 1. The van der Waals surface area contributed by atoms with Crippen molar-refractivity contribution in [3.05, 3.63) is 35.6 Å². The molecule has 130 valence electrons. The van der Waals surface area contributed by atoms with Crippen LogP contribution in [0.3, 0.4) is 0 Å². The first-order chi connectivity index (χ1) is 10.7. The third-order valence-electron chi connectivity index (χ3n) is 4.19. The van der Waals surface area contributed by atoms with Gasteiger partial charge in [0, 0.05) is 26.3 Å². The van der Waals surface area contributed by atoms with Crippen LogP contribution in [0.25, 0.3) is 0 Å². The van der Waals surface area contributed by atoms with Crippen molar-refractivity contribution in [1.29, 1.82) is 0 Å². The molecule has 23 heavy (non-hydrogen) atoms.